The Morgan fingerprint density at radius 1 is 1.54 bits per heavy atom. The fourth-order valence-corrected chi connectivity index (χ4v) is 2.97. The first-order valence-electron chi connectivity index (χ1n) is 7.88. The van der Waals surface area contributed by atoms with Crippen molar-refractivity contribution in [3.8, 4) is 6.07 Å². The number of carbonyl (C=O) groups is 1. The van der Waals surface area contributed by atoms with Crippen molar-refractivity contribution >= 4 is 11.7 Å². The monoisotopic (exact) mass is 325 g/mol. The second-order valence-corrected chi connectivity index (χ2v) is 5.98. The lowest BCUT2D eigenvalue weighted by molar-refractivity contribution is -0.130. The Bertz CT molecular complexity index is 762. The van der Waals surface area contributed by atoms with Crippen LogP contribution in [0.2, 0.25) is 0 Å². The summed E-state index contributed by atoms with van der Waals surface area (Å²) in [5.74, 6) is 1.45. The van der Waals surface area contributed by atoms with E-state index >= 15 is 0 Å². The molecule has 24 heavy (non-hydrogen) atoms. The van der Waals surface area contributed by atoms with Gasteiger partial charge in [0.15, 0.2) is 0 Å². The summed E-state index contributed by atoms with van der Waals surface area (Å²) in [5, 5.41) is 12.9. The lowest BCUT2D eigenvalue weighted by Gasteiger charge is -2.26. The van der Waals surface area contributed by atoms with Crippen molar-refractivity contribution < 1.29 is 9.32 Å². The second kappa shape index (κ2) is 6.71. The van der Waals surface area contributed by atoms with E-state index in [1.165, 1.54) is 6.20 Å². The van der Waals surface area contributed by atoms with Crippen LogP contribution in [0, 0.1) is 18.3 Å². The van der Waals surface area contributed by atoms with Gasteiger partial charge in [0.1, 0.15) is 23.3 Å². The molecule has 1 aliphatic rings. The second-order valence-electron chi connectivity index (χ2n) is 5.98. The van der Waals surface area contributed by atoms with E-state index in [0.29, 0.717) is 11.4 Å². The molecule has 1 saturated heterocycles. The molecule has 0 N–H and O–H groups in total. The standard InChI is InChI=1S/C17H19N5O2/c1-12-8-14(20-24-12)15-4-3-7-22(15)17(23)11-21(2)16-6-5-13(9-18)10-19-16/h5-6,8,10,15H,3-4,7,11H2,1-2H3. The Morgan fingerprint density at radius 3 is 3.00 bits per heavy atom. The molecule has 1 aliphatic heterocycles. The first-order valence-corrected chi connectivity index (χ1v) is 7.88. The van der Waals surface area contributed by atoms with E-state index in [2.05, 4.69) is 10.1 Å². The molecule has 0 radical (unpaired) electrons. The fraction of sp³-hybridized carbons (Fsp3) is 0.412. The van der Waals surface area contributed by atoms with E-state index in [9.17, 15) is 4.79 Å². The lowest BCUT2D eigenvalue weighted by atomic mass is 10.1. The molecule has 1 atom stereocenters. The largest absolute Gasteiger partial charge is 0.361 e. The van der Waals surface area contributed by atoms with Crippen LogP contribution >= 0.6 is 0 Å². The summed E-state index contributed by atoms with van der Waals surface area (Å²) >= 11 is 0. The Hall–Kier alpha value is -2.88. The molecule has 0 aromatic carbocycles. The quantitative estimate of drug-likeness (QED) is 0.855. The number of carbonyl (C=O) groups excluding carboxylic acids is 1. The zero-order valence-electron chi connectivity index (χ0n) is 13.8. The molecule has 1 unspecified atom stereocenters. The minimum absolute atomic E-state index is 0.0164. The number of nitriles is 1. The highest BCUT2D eigenvalue weighted by Crippen LogP contribution is 2.31. The number of nitrogens with zero attached hydrogens (tertiary/aromatic N) is 5. The lowest BCUT2D eigenvalue weighted by Crippen LogP contribution is -2.39. The molecule has 7 nitrogen and oxygen atoms in total. The predicted molar refractivity (Wildman–Crippen MR) is 87.2 cm³/mol. The summed E-state index contributed by atoms with van der Waals surface area (Å²) in [6.07, 6.45) is 3.37. The van der Waals surface area contributed by atoms with Crippen LogP contribution < -0.4 is 4.90 Å². The molecule has 2 aromatic rings. The van der Waals surface area contributed by atoms with Crippen molar-refractivity contribution in [2.45, 2.75) is 25.8 Å². The van der Waals surface area contributed by atoms with E-state index in [-0.39, 0.29) is 18.5 Å². The molecule has 1 fully saturated rings. The summed E-state index contributed by atoms with van der Waals surface area (Å²) in [5.41, 5.74) is 1.32. The number of anilines is 1. The number of rotatable bonds is 4. The first kappa shape index (κ1) is 16.0. The normalized spacial score (nSPS) is 16.9. The van der Waals surface area contributed by atoms with Crippen molar-refractivity contribution in [2.75, 3.05) is 25.0 Å². The maximum Gasteiger partial charge on any atom is 0.242 e. The van der Waals surface area contributed by atoms with Gasteiger partial charge in [-0.2, -0.15) is 5.26 Å². The van der Waals surface area contributed by atoms with E-state index in [4.69, 9.17) is 9.78 Å². The fourth-order valence-electron chi connectivity index (χ4n) is 2.97. The average Bonchev–Trinajstić information content (AvgIpc) is 3.23. The van der Waals surface area contributed by atoms with Gasteiger partial charge in [0.25, 0.3) is 0 Å². The zero-order chi connectivity index (χ0) is 17.1. The van der Waals surface area contributed by atoms with Crippen LogP contribution in [-0.2, 0) is 4.79 Å². The maximum absolute atomic E-state index is 12.7. The summed E-state index contributed by atoms with van der Waals surface area (Å²) < 4.78 is 5.14. The maximum atomic E-state index is 12.7. The van der Waals surface area contributed by atoms with E-state index in [1.54, 1.807) is 17.0 Å². The molecule has 3 rings (SSSR count). The highest BCUT2D eigenvalue weighted by atomic mass is 16.5. The van der Waals surface area contributed by atoms with Gasteiger partial charge < -0.3 is 14.3 Å². The van der Waals surface area contributed by atoms with Gasteiger partial charge in [-0.05, 0) is 31.9 Å². The zero-order valence-corrected chi connectivity index (χ0v) is 13.8. The summed E-state index contributed by atoms with van der Waals surface area (Å²) in [7, 11) is 1.82. The molecular formula is C17H19N5O2. The van der Waals surface area contributed by atoms with Gasteiger partial charge in [-0.3, -0.25) is 4.79 Å². The van der Waals surface area contributed by atoms with E-state index < -0.39 is 0 Å². The van der Waals surface area contributed by atoms with Crippen LogP contribution in [0.5, 0.6) is 0 Å². The number of pyridine rings is 1. The van der Waals surface area contributed by atoms with Crippen molar-refractivity contribution in [1.82, 2.24) is 15.0 Å². The highest BCUT2D eigenvalue weighted by Gasteiger charge is 2.32. The topological polar surface area (TPSA) is 86.3 Å². The number of hydrogen-bond donors (Lipinski definition) is 0. The van der Waals surface area contributed by atoms with Gasteiger partial charge in [0, 0.05) is 25.9 Å². The van der Waals surface area contributed by atoms with Crippen LogP contribution in [0.25, 0.3) is 0 Å². The van der Waals surface area contributed by atoms with Gasteiger partial charge in [-0.15, -0.1) is 0 Å². The van der Waals surface area contributed by atoms with Crippen molar-refractivity contribution in [3.05, 3.63) is 41.4 Å². The van der Waals surface area contributed by atoms with E-state index in [0.717, 1.165) is 30.8 Å². The van der Waals surface area contributed by atoms with Crippen LogP contribution in [0.4, 0.5) is 5.82 Å². The molecule has 0 bridgehead atoms. The Labute approximate surface area is 140 Å². The Kier molecular flexibility index (Phi) is 4.47. The summed E-state index contributed by atoms with van der Waals surface area (Å²) in [6.45, 7) is 2.80. The number of amides is 1. The predicted octanol–water partition coefficient (Wildman–Crippen LogP) is 2.05. The number of likely N-dealkylation sites (N-methyl/N-ethyl adjacent to an activating group) is 1. The highest BCUT2D eigenvalue weighted by molar-refractivity contribution is 5.81. The molecule has 2 aromatic heterocycles. The molecule has 124 valence electrons. The third-order valence-electron chi connectivity index (χ3n) is 4.20. The Balaban J connectivity index is 1.68. The third kappa shape index (κ3) is 3.23. The Morgan fingerprint density at radius 2 is 2.38 bits per heavy atom. The third-order valence-corrected chi connectivity index (χ3v) is 4.20. The van der Waals surface area contributed by atoms with Crippen LogP contribution in [0.15, 0.2) is 28.9 Å². The van der Waals surface area contributed by atoms with Crippen molar-refractivity contribution in [2.24, 2.45) is 0 Å². The molecule has 0 aliphatic carbocycles. The number of hydrogen-bond acceptors (Lipinski definition) is 6. The van der Waals surface area contributed by atoms with Crippen LogP contribution in [0.3, 0.4) is 0 Å². The number of aromatic nitrogens is 2. The molecule has 0 saturated carbocycles. The summed E-state index contributed by atoms with van der Waals surface area (Å²) in [4.78, 5) is 20.5. The average molecular weight is 325 g/mol. The molecule has 3 heterocycles. The van der Waals surface area contributed by atoms with Crippen LogP contribution in [0.1, 0.15) is 35.9 Å². The minimum Gasteiger partial charge on any atom is -0.361 e. The first-order chi connectivity index (χ1) is 11.6. The molecular weight excluding hydrogens is 306 g/mol. The van der Waals surface area contributed by atoms with E-state index in [1.807, 2.05) is 31.0 Å². The number of aryl methyl sites for hydroxylation is 1. The smallest absolute Gasteiger partial charge is 0.242 e. The van der Waals surface area contributed by atoms with Gasteiger partial charge in [-0.25, -0.2) is 4.98 Å². The van der Waals surface area contributed by atoms with Gasteiger partial charge in [0.05, 0.1) is 18.2 Å². The van der Waals surface area contributed by atoms with Crippen molar-refractivity contribution in [1.29, 1.82) is 5.26 Å². The van der Waals surface area contributed by atoms with Gasteiger partial charge in [-0.1, -0.05) is 5.16 Å². The SMILES string of the molecule is Cc1cc(C2CCCN2C(=O)CN(C)c2ccc(C#N)cn2)no1. The van der Waals surface area contributed by atoms with Gasteiger partial charge in [0.2, 0.25) is 5.91 Å². The van der Waals surface area contributed by atoms with Crippen molar-refractivity contribution in [3.63, 3.8) is 0 Å². The molecule has 0 spiro atoms. The number of likely N-dealkylation sites (tertiary alicyclic amines) is 1. The molecule has 7 heteroatoms. The van der Waals surface area contributed by atoms with Crippen LogP contribution in [-0.4, -0.2) is 41.1 Å². The minimum atomic E-state index is -0.0164. The summed E-state index contributed by atoms with van der Waals surface area (Å²) in [6, 6.07) is 7.35. The molecule has 1 amide bonds. The van der Waals surface area contributed by atoms with Gasteiger partial charge >= 0.3 is 0 Å².